The summed E-state index contributed by atoms with van der Waals surface area (Å²) in [5, 5.41) is 9.46. The van der Waals surface area contributed by atoms with E-state index in [0.717, 1.165) is 25.0 Å². The molecule has 31 heavy (non-hydrogen) atoms. The summed E-state index contributed by atoms with van der Waals surface area (Å²) in [6.45, 7) is 2.25. The van der Waals surface area contributed by atoms with Crippen LogP contribution in [0.2, 0.25) is 0 Å². The number of rotatable bonds is 19. The number of aromatic nitrogens is 2. The predicted octanol–water partition coefficient (Wildman–Crippen LogP) is 5.90. The van der Waals surface area contributed by atoms with Crippen LogP contribution in [-0.2, 0) is 16.0 Å². The molecular formula is C25H43N3O3. The highest BCUT2D eigenvalue weighted by Crippen LogP contribution is 2.13. The van der Waals surface area contributed by atoms with Crippen LogP contribution in [0, 0.1) is 0 Å². The number of amides is 1. The molecule has 0 spiro atoms. The van der Waals surface area contributed by atoms with E-state index in [2.05, 4.69) is 29.0 Å². The number of carbonyl (C=O) groups excluding carboxylic acids is 1. The number of aliphatic carboxylic acids is 1. The minimum Gasteiger partial charge on any atom is -0.480 e. The average molecular weight is 434 g/mol. The highest BCUT2D eigenvalue weighted by molar-refractivity contribution is 5.83. The Morgan fingerprint density at radius 2 is 1.58 bits per heavy atom. The van der Waals surface area contributed by atoms with Crippen molar-refractivity contribution in [3.63, 3.8) is 0 Å². The lowest BCUT2D eigenvalue weighted by Crippen LogP contribution is -2.43. The van der Waals surface area contributed by atoms with E-state index in [4.69, 9.17) is 0 Å². The summed E-state index contributed by atoms with van der Waals surface area (Å²) in [4.78, 5) is 32.1. The van der Waals surface area contributed by atoms with Gasteiger partial charge in [-0.1, -0.05) is 70.4 Å². The Bertz CT molecular complexity index is 614. The van der Waals surface area contributed by atoms with Gasteiger partial charge in [-0.25, -0.2) is 9.78 Å². The van der Waals surface area contributed by atoms with Crippen LogP contribution in [0.15, 0.2) is 24.7 Å². The first-order chi connectivity index (χ1) is 15.1. The second-order valence-electron chi connectivity index (χ2n) is 8.47. The van der Waals surface area contributed by atoms with Crippen LogP contribution >= 0.6 is 0 Å². The summed E-state index contributed by atoms with van der Waals surface area (Å²) in [7, 11) is 1.58. The minimum absolute atomic E-state index is 0.103. The lowest BCUT2D eigenvalue weighted by atomic mass is 10.1. The van der Waals surface area contributed by atoms with Gasteiger partial charge in [-0.2, -0.15) is 0 Å². The monoisotopic (exact) mass is 433 g/mol. The number of allylic oxidation sites excluding steroid dienone is 2. The first-order valence-electron chi connectivity index (χ1n) is 12.2. The molecule has 0 aliphatic carbocycles. The van der Waals surface area contributed by atoms with Gasteiger partial charge in [0.25, 0.3) is 0 Å². The second kappa shape index (κ2) is 17.6. The highest BCUT2D eigenvalue weighted by atomic mass is 16.4. The maximum absolute atomic E-state index is 12.4. The molecule has 6 nitrogen and oxygen atoms in total. The first kappa shape index (κ1) is 26.9. The molecule has 0 aliphatic rings. The van der Waals surface area contributed by atoms with Gasteiger partial charge in [0.1, 0.15) is 6.04 Å². The molecule has 1 aromatic rings. The summed E-state index contributed by atoms with van der Waals surface area (Å²) in [5.41, 5.74) is 0.717. The standard InChI is InChI=1S/C25H43N3O3/c1-3-4-5-6-7-8-9-10-11-12-13-14-15-16-17-18-24(29)28(2)23(25(30)31)19-22-20-26-21-27-22/h8-9,20-21,23H,3-7,10-19H2,1-2H3,(H,26,27)(H,30,31)/b9-8+. The van der Waals surface area contributed by atoms with Crippen LogP contribution in [0.5, 0.6) is 0 Å². The summed E-state index contributed by atoms with van der Waals surface area (Å²) < 4.78 is 0. The number of H-pyrrole nitrogens is 1. The predicted molar refractivity (Wildman–Crippen MR) is 126 cm³/mol. The van der Waals surface area contributed by atoms with Crippen molar-refractivity contribution in [3.05, 3.63) is 30.4 Å². The van der Waals surface area contributed by atoms with Crippen molar-refractivity contribution in [2.45, 2.75) is 109 Å². The third-order valence-corrected chi connectivity index (χ3v) is 5.77. The van der Waals surface area contributed by atoms with E-state index in [1.165, 1.54) is 75.4 Å². The van der Waals surface area contributed by atoms with Gasteiger partial charge in [0.2, 0.25) is 5.91 Å². The molecule has 6 heteroatoms. The number of nitrogens with one attached hydrogen (secondary N) is 1. The Balaban J connectivity index is 2.03. The van der Waals surface area contributed by atoms with Crippen molar-refractivity contribution in [2.24, 2.45) is 0 Å². The number of hydrogen-bond donors (Lipinski definition) is 2. The number of aromatic amines is 1. The maximum Gasteiger partial charge on any atom is 0.326 e. The van der Waals surface area contributed by atoms with Gasteiger partial charge < -0.3 is 15.0 Å². The normalized spacial score (nSPS) is 12.3. The van der Waals surface area contributed by atoms with Crippen LogP contribution in [0.25, 0.3) is 0 Å². The van der Waals surface area contributed by atoms with Crippen LogP contribution in [0.3, 0.4) is 0 Å². The Hall–Kier alpha value is -2.11. The summed E-state index contributed by atoms with van der Waals surface area (Å²) in [5.74, 6) is -1.09. The zero-order chi connectivity index (χ0) is 22.7. The molecule has 1 heterocycles. The quantitative estimate of drug-likeness (QED) is 0.210. The number of carboxylic acid groups (broad SMARTS) is 1. The van der Waals surface area contributed by atoms with Gasteiger partial charge in [0.15, 0.2) is 0 Å². The van der Waals surface area contributed by atoms with Gasteiger partial charge >= 0.3 is 5.97 Å². The fraction of sp³-hybridized carbons (Fsp3) is 0.720. The molecule has 1 rings (SSSR count). The lowest BCUT2D eigenvalue weighted by molar-refractivity contribution is -0.149. The zero-order valence-corrected chi connectivity index (χ0v) is 19.7. The van der Waals surface area contributed by atoms with Crippen LogP contribution < -0.4 is 0 Å². The Morgan fingerprint density at radius 1 is 1.00 bits per heavy atom. The van der Waals surface area contributed by atoms with Crippen LogP contribution in [0.1, 0.15) is 103 Å². The van der Waals surface area contributed by atoms with Crippen molar-refractivity contribution >= 4 is 11.9 Å². The Morgan fingerprint density at radius 3 is 2.13 bits per heavy atom. The van der Waals surface area contributed by atoms with Gasteiger partial charge in [-0.3, -0.25) is 4.79 Å². The topological polar surface area (TPSA) is 86.3 Å². The van der Waals surface area contributed by atoms with E-state index in [1.54, 1.807) is 13.2 Å². The maximum atomic E-state index is 12.4. The van der Waals surface area contributed by atoms with E-state index in [1.807, 2.05) is 0 Å². The van der Waals surface area contributed by atoms with Gasteiger partial charge in [0, 0.05) is 31.8 Å². The van der Waals surface area contributed by atoms with Crippen LogP contribution in [0.4, 0.5) is 0 Å². The molecular weight excluding hydrogens is 390 g/mol. The third-order valence-electron chi connectivity index (χ3n) is 5.77. The highest BCUT2D eigenvalue weighted by Gasteiger charge is 2.26. The van der Waals surface area contributed by atoms with E-state index in [-0.39, 0.29) is 12.3 Å². The van der Waals surface area contributed by atoms with Gasteiger partial charge in [-0.05, 0) is 32.1 Å². The molecule has 1 atom stereocenters. The van der Waals surface area contributed by atoms with Crippen molar-refractivity contribution in [2.75, 3.05) is 7.05 Å². The molecule has 0 aliphatic heterocycles. The lowest BCUT2D eigenvalue weighted by Gasteiger charge is -2.24. The van der Waals surface area contributed by atoms with Gasteiger partial charge in [-0.15, -0.1) is 0 Å². The molecule has 176 valence electrons. The molecule has 0 saturated heterocycles. The molecule has 0 radical (unpaired) electrons. The van der Waals surface area contributed by atoms with Crippen molar-refractivity contribution in [1.82, 2.24) is 14.9 Å². The number of carbonyl (C=O) groups is 2. The zero-order valence-electron chi connectivity index (χ0n) is 19.7. The Kier molecular flexibility index (Phi) is 15.3. The summed E-state index contributed by atoms with van der Waals surface area (Å²) >= 11 is 0. The smallest absolute Gasteiger partial charge is 0.326 e. The molecule has 0 aromatic carbocycles. The summed E-state index contributed by atoms with van der Waals surface area (Å²) in [6.07, 6.45) is 24.2. The van der Waals surface area contributed by atoms with E-state index in [0.29, 0.717) is 6.42 Å². The number of unbranched alkanes of at least 4 members (excludes halogenated alkanes) is 11. The second-order valence-corrected chi connectivity index (χ2v) is 8.47. The first-order valence-corrected chi connectivity index (χ1v) is 12.2. The molecule has 1 aromatic heterocycles. The minimum atomic E-state index is -0.989. The van der Waals surface area contributed by atoms with Crippen LogP contribution in [-0.4, -0.2) is 44.9 Å². The van der Waals surface area contributed by atoms with E-state index >= 15 is 0 Å². The number of likely N-dealkylation sites (N-methyl/N-ethyl adjacent to an activating group) is 1. The average Bonchev–Trinajstić information content (AvgIpc) is 3.27. The van der Waals surface area contributed by atoms with Gasteiger partial charge in [0.05, 0.1) is 6.33 Å². The molecule has 0 fully saturated rings. The summed E-state index contributed by atoms with van der Waals surface area (Å²) in [6, 6.07) is -0.863. The number of nitrogens with zero attached hydrogens (tertiary/aromatic N) is 2. The number of imidazole rings is 1. The van der Waals surface area contributed by atoms with Crippen molar-refractivity contribution < 1.29 is 14.7 Å². The number of carboxylic acids is 1. The number of hydrogen-bond acceptors (Lipinski definition) is 3. The fourth-order valence-electron chi connectivity index (χ4n) is 3.69. The molecule has 1 amide bonds. The molecule has 2 N–H and O–H groups in total. The third kappa shape index (κ3) is 13.0. The van der Waals surface area contributed by atoms with Crippen molar-refractivity contribution in [3.8, 4) is 0 Å². The SMILES string of the molecule is CCCCCC/C=C/CCCCCCCCCC(=O)N(C)C(Cc1cnc[nH]1)C(=O)O. The molecule has 0 saturated carbocycles. The largest absolute Gasteiger partial charge is 0.480 e. The molecule has 1 unspecified atom stereocenters. The van der Waals surface area contributed by atoms with E-state index in [9.17, 15) is 14.7 Å². The molecule has 0 bridgehead atoms. The Labute approximate surface area is 188 Å². The van der Waals surface area contributed by atoms with Crippen molar-refractivity contribution in [1.29, 1.82) is 0 Å². The fourth-order valence-corrected chi connectivity index (χ4v) is 3.69. The van der Waals surface area contributed by atoms with E-state index < -0.39 is 12.0 Å².